The molecule has 0 aromatic rings. The maximum atomic E-state index is 13.3. The summed E-state index contributed by atoms with van der Waals surface area (Å²) in [6.45, 7) is 13.0. The van der Waals surface area contributed by atoms with Crippen LogP contribution < -0.4 is 0 Å². The number of ether oxygens (including phenoxy) is 1. The Morgan fingerprint density at radius 1 is 1.07 bits per heavy atom. The Hall–Kier alpha value is -1.01. The molecule has 8 heteroatoms. The van der Waals surface area contributed by atoms with Crippen LogP contribution in [0.5, 0.6) is 0 Å². The predicted octanol–water partition coefficient (Wildman–Crippen LogP) is 8.41. The summed E-state index contributed by atoms with van der Waals surface area (Å²) < 4.78 is 21.6. The summed E-state index contributed by atoms with van der Waals surface area (Å²) in [5.74, 6) is 4.89. The molecule has 244 valence electrons. The van der Waals surface area contributed by atoms with Crippen molar-refractivity contribution < 1.29 is 28.6 Å². The van der Waals surface area contributed by atoms with E-state index in [1.165, 1.54) is 56.9 Å². The maximum Gasteiger partial charge on any atom is 0.694 e. The van der Waals surface area contributed by atoms with E-state index in [0.29, 0.717) is 18.4 Å². The number of allylic oxidation sites excluding steroid dienone is 1. The Kier molecular flexibility index (Phi) is 10.7. The van der Waals surface area contributed by atoms with Gasteiger partial charge in [-0.25, -0.2) is 4.79 Å². The molecule has 1 amide bonds. The third-order valence-corrected chi connectivity index (χ3v) is 13.5. The average Bonchev–Trinajstić information content (AvgIpc) is 3.58. The fourth-order valence-electron chi connectivity index (χ4n) is 10.8. The minimum Gasteiger partial charge on any atom is -0.446 e. The van der Waals surface area contributed by atoms with Gasteiger partial charge in [0.15, 0.2) is 0 Å². The number of hydrogen-bond acceptors (Lipinski definition) is 5. The highest BCUT2D eigenvalue weighted by Crippen LogP contribution is 2.67. The molecule has 4 fully saturated rings. The Balaban J connectivity index is 1.18. The lowest BCUT2D eigenvalue weighted by Crippen LogP contribution is -2.51. The fourth-order valence-corrected chi connectivity index (χ4v) is 11.1. The summed E-state index contributed by atoms with van der Waals surface area (Å²) >= 11 is 0. The maximum absolute atomic E-state index is 13.3. The molecular weight excluding hydrogens is 561 g/mol. The normalized spacial score (nSPS) is 39.0. The molecule has 3 unspecified atom stereocenters. The number of nitrogens with zero attached hydrogens (tertiary/aromatic N) is 1. The third kappa shape index (κ3) is 6.91. The summed E-state index contributed by atoms with van der Waals surface area (Å²) in [5.41, 5.74) is 2.23. The quantitative estimate of drug-likeness (QED) is 0.178. The zero-order valence-electron chi connectivity index (χ0n) is 27.5. The van der Waals surface area contributed by atoms with E-state index < -0.39 is 14.4 Å². The molecule has 4 aliphatic carbocycles. The first-order valence-corrected chi connectivity index (χ1v) is 18.7. The number of carbonyl (C=O) groups excluding carboxylic acids is 1. The molecule has 1 heterocycles. The molecule has 0 bridgehead atoms. The molecule has 3 saturated carbocycles. The van der Waals surface area contributed by atoms with Crippen LogP contribution >= 0.6 is 8.25 Å². The number of hydrogen-bond donors (Lipinski definition) is 2. The van der Waals surface area contributed by atoms with Crippen molar-refractivity contribution in [1.29, 1.82) is 0 Å². The standard InChI is InChI=1S/C35H58NO6P/c1-23(2)8-6-9-24(3)28-13-14-29-27-12-11-25-22-26(15-18-34(25,4)30(27)16-19-35(28,29)5)42-33(38)36-20-7-10-31(36)32(37)17-21-41-43(39)40/h11,23-24,26-32,37H,6-10,12-22H2,1-5H3/p+1/t24-,26+,27+,28-,29+,30+,31?,32?,34+,35-/m1/s1. The lowest BCUT2D eigenvalue weighted by Gasteiger charge is -2.58. The summed E-state index contributed by atoms with van der Waals surface area (Å²) in [6.07, 6.45) is 16.7. The second kappa shape index (κ2) is 13.8. The molecule has 0 aromatic heterocycles. The number of aliphatic hydroxyl groups is 1. The van der Waals surface area contributed by atoms with Crippen molar-refractivity contribution in [2.45, 2.75) is 143 Å². The molecule has 5 rings (SSSR count). The lowest BCUT2D eigenvalue weighted by atomic mass is 9.47. The Bertz CT molecular complexity index is 1030. The van der Waals surface area contributed by atoms with Gasteiger partial charge in [-0.15, -0.1) is 9.42 Å². The van der Waals surface area contributed by atoms with Crippen molar-refractivity contribution in [2.75, 3.05) is 13.2 Å². The molecule has 0 aromatic carbocycles. The van der Waals surface area contributed by atoms with E-state index in [-0.39, 0.29) is 36.7 Å². The van der Waals surface area contributed by atoms with Crippen LogP contribution in [0.4, 0.5) is 4.79 Å². The van der Waals surface area contributed by atoms with E-state index in [1.54, 1.807) is 4.90 Å². The van der Waals surface area contributed by atoms with Gasteiger partial charge >= 0.3 is 14.3 Å². The monoisotopic (exact) mass is 620 g/mol. The summed E-state index contributed by atoms with van der Waals surface area (Å²) in [4.78, 5) is 23.8. The van der Waals surface area contributed by atoms with Gasteiger partial charge in [-0.1, -0.05) is 65.5 Å². The first-order chi connectivity index (χ1) is 20.4. The largest absolute Gasteiger partial charge is 0.694 e. The van der Waals surface area contributed by atoms with Crippen LogP contribution in [0.25, 0.3) is 0 Å². The van der Waals surface area contributed by atoms with Crippen molar-refractivity contribution >= 4 is 14.3 Å². The Morgan fingerprint density at radius 3 is 2.60 bits per heavy atom. The molecule has 11 atom stereocenters. The van der Waals surface area contributed by atoms with Gasteiger partial charge < -0.3 is 14.7 Å². The van der Waals surface area contributed by atoms with E-state index in [1.807, 2.05) is 0 Å². The highest BCUT2D eigenvalue weighted by molar-refractivity contribution is 7.32. The molecular formula is C35H59NO6P+. The SMILES string of the molecule is CC(C)CCC[C@@H](C)[C@H]1CC[C@H]2[C@@H]3CC=C4C[C@@H](OC(=O)N5CCCC5C(O)CCO[P+](=O)O)CC[C@]4(C)[C@H]3CC[C@]12C. The zero-order chi connectivity index (χ0) is 30.9. The van der Waals surface area contributed by atoms with Crippen molar-refractivity contribution in [3.8, 4) is 0 Å². The van der Waals surface area contributed by atoms with Gasteiger partial charge in [-0.3, -0.25) is 0 Å². The van der Waals surface area contributed by atoms with E-state index in [0.717, 1.165) is 61.2 Å². The average molecular weight is 621 g/mol. The van der Waals surface area contributed by atoms with Crippen LogP contribution in [-0.4, -0.2) is 52.4 Å². The fraction of sp³-hybridized carbons (Fsp3) is 0.914. The van der Waals surface area contributed by atoms with Crippen LogP contribution in [0.3, 0.4) is 0 Å². The van der Waals surface area contributed by atoms with E-state index in [4.69, 9.17) is 14.2 Å². The minimum absolute atomic E-state index is 0.0121. The van der Waals surface area contributed by atoms with Gasteiger partial charge in [-0.2, -0.15) is 0 Å². The highest BCUT2D eigenvalue weighted by Gasteiger charge is 2.59. The van der Waals surface area contributed by atoms with Gasteiger partial charge in [0.05, 0.1) is 12.1 Å². The summed E-state index contributed by atoms with van der Waals surface area (Å²) in [6, 6.07) is -0.333. The minimum atomic E-state index is -2.68. The second-order valence-corrected chi connectivity index (χ2v) is 16.6. The van der Waals surface area contributed by atoms with Crippen molar-refractivity contribution in [1.82, 2.24) is 4.90 Å². The van der Waals surface area contributed by atoms with Gasteiger partial charge in [0.1, 0.15) is 12.7 Å². The second-order valence-electron chi connectivity index (χ2n) is 15.9. The van der Waals surface area contributed by atoms with E-state index >= 15 is 0 Å². The van der Waals surface area contributed by atoms with Crippen LogP contribution in [-0.2, 0) is 13.8 Å². The number of amides is 1. The first-order valence-electron chi connectivity index (χ1n) is 17.6. The zero-order valence-corrected chi connectivity index (χ0v) is 28.4. The van der Waals surface area contributed by atoms with E-state index in [9.17, 15) is 14.5 Å². The molecule has 2 N–H and O–H groups in total. The number of fused-ring (bicyclic) bond motifs is 5. The molecule has 1 saturated heterocycles. The molecule has 7 nitrogen and oxygen atoms in total. The number of carbonyl (C=O) groups is 1. The van der Waals surface area contributed by atoms with Crippen molar-refractivity contribution in [2.24, 2.45) is 46.3 Å². The van der Waals surface area contributed by atoms with Crippen molar-refractivity contribution in [3.63, 3.8) is 0 Å². The molecule has 43 heavy (non-hydrogen) atoms. The van der Waals surface area contributed by atoms with Gasteiger partial charge in [-0.05, 0) is 104 Å². The van der Waals surface area contributed by atoms with Crippen LogP contribution in [0.2, 0.25) is 0 Å². The summed E-state index contributed by atoms with van der Waals surface area (Å²) in [7, 11) is -2.68. The van der Waals surface area contributed by atoms with Gasteiger partial charge in [0.25, 0.3) is 0 Å². The molecule has 0 spiro atoms. The Morgan fingerprint density at radius 2 is 1.86 bits per heavy atom. The van der Waals surface area contributed by atoms with E-state index in [2.05, 4.69) is 40.7 Å². The smallest absolute Gasteiger partial charge is 0.446 e. The van der Waals surface area contributed by atoms with Crippen LogP contribution in [0.1, 0.15) is 125 Å². The Labute approximate surface area is 261 Å². The molecule has 5 aliphatic rings. The van der Waals surface area contributed by atoms with Crippen molar-refractivity contribution in [3.05, 3.63) is 11.6 Å². The van der Waals surface area contributed by atoms with Crippen LogP contribution in [0.15, 0.2) is 11.6 Å². The number of likely N-dealkylation sites (tertiary alicyclic amines) is 1. The highest BCUT2D eigenvalue weighted by atomic mass is 31.1. The lowest BCUT2D eigenvalue weighted by molar-refractivity contribution is -0.0600. The van der Waals surface area contributed by atoms with Crippen LogP contribution in [0, 0.1) is 46.3 Å². The molecule has 1 aliphatic heterocycles. The molecule has 0 radical (unpaired) electrons. The number of rotatable bonds is 11. The van der Waals surface area contributed by atoms with Gasteiger partial charge in [0.2, 0.25) is 0 Å². The predicted molar refractivity (Wildman–Crippen MR) is 169 cm³/mol. The third-order valence-electron chi connectivity index (χ3n) is 13.1. The number of aliphatic hydroxyl groups excluding tert-OH is 1. The van der Waals surface area contributed by atoms with Gasteiger partial charge in [0, 0.05) is 24.0 Å². The first kappa shape index (κ1) is 33.4. The topological polar surface area (TPSA) is 96.3 Å². The summed E-state index contributed by atoms with van der Waals surface area (Å²) in [5, 5.41) is 10.7.